The van der Waals surface area contributed by atoms with Crippen LogP contribution < -0.4 is 14.9 Å². The molecule has 1 heterocycles. The molecule has 0 atom stereocenters. The van der Waals surface area contributed by atoms with E-state index in [1.54, 1.807) is 16.8 Å². The van der Waals surface area contributed by atoms with E-state index in [0.29, 0.717) is 6.42 Å². The van der Waals surface area contributed by atoms with Crippen molar-refractivity contribution >= 4 is 16.9 Å². The van der Waals surface area contributed by atoms with Crippen LogP contribution >= 0.6 is 0 Å². The van der Waals surface area contributed by atoms with Crippen molar-refractivity contribution in [3.05, 3.63) is 54.4 Å². The zero-order valence-electron chi connectivity index (χ0n) is 15.0. The Hall–Kier alpha value is -3.23. The fraction of sp³-hybridized carbons (Fsp3) is 0.263. The summed E-state index contributed by atoms with van der Waals surface area (Å²) in [5.74, 6) is -0.0415. The van der Waals surface area contributed by atoms with Crippen LogP contribution in [0.1, 0.15) is 12.0 Å². The van der Waals surface area contributed by atoms with Gasteiger partial charge in [0.2, 0.25) is 5.91 Å². The van der Waals surface area contributed by atoms with Crippen molar-refractivity contribution in [1.82, 2.24) is 9.66 Å². The van der Waals surface area contributed by atoms with Gasteiger partial charge >= 0.3 is 6.18 Å². The number of ether oxygens (including phenoxy) is 2. The molecule has 0 saturated carbocycles. The largest absolute Gasteiger partial charge is 0.493 e. The fourth-order valence-electron chi connectivity index (χ4n) is 2.64. The zero-order valence-corrected chi connectivity index (χ0v) is 15.0. The molecule has 2 aromatic carbocycles. The van der Waals surface area contributed by atoms with Crippen LogP contribution in [-0.2, 0) is 11.2 Å². The number of benzene rings is 2. The van der Waals surface area contributed by atoms with Gasteiger partial charge in [-0.15, -0.1) is 0 Å². The number of methoxy groups -OCH3 is 1. The monoisotopic (exact) mass is 393 g/mol. The van der Waals surface area contributed by atoms with E-state index < -0.39 is 12.8 Å². The second kappa shape index (κ2) is 8.20. The highest BCUT2D eigenvalue weighted by Gasteiger charge is 2.29. The molecule has 6 nitrogen and oxygen atoms in total. The van der Waals surface area contributed by atoms with Crippen molar-refractivity contribution in [3.63, 3.8) is 0 Å². The number of hydrogen-bond donors (Lipinski definition) is 1. The van der Waals surface area contributed by atoms with Gasteiger partial charge < -0.3 is 9.47 Å². The second-order valence-corrected chi connectivity index (χ2v) is 6.03. The van der Waals surface area contributed by atoms with Crippen LogP contribution in [0, 0.1) is 0 Å². The van der Waals surface area contributed by atoms with Gasteiger partial charge in [0.15, 0.2) is 18.1 Å². The van der Waals surface area contributed by atoms with E-state index in [4.69, 9.17) is 9.47 Å². The normalized spacial score (nSPS) is 11.4. The average Bonchev–Trinajstić information content (AvgIpc) is 3.07. The molecule has 0 radical (unpaired) electrons. The van der Waals surface area contributed by atoms with Crippen molar-refractivity contribution < 1.29 is 27.4 Å². The van der Waals surface area contributed by atoms with Gasteiger partial charge in [0.1, 0.15) is 6.33 Å². The summed E-state index contributed by atoms with van der Waals surface area (Å²) in [6, 6.07) is 12.0. The highest BCUT2D eigenvalue weighted by Crippen LogP contribution is 2.30. The lowest BCUT2D eigenvalue weighted by Gasteiger charge is -2.13. The maximum atomic E-state index is 12.3. The van der Waals surface area contributed by atoms with Gasteiger partial charge in [-0.25, -0.2) is 9.66 Å². The highest BCUT2D eigenvalue weighted by atomic mass is 19.4. The van der Waals surface area contributed by atoms with Gasteiger partial charge in [-0.2, -0.15) is 13.2 Å². The molecule has 0 aliphatic heterocycles. The standard InChI is InChI=1S/C19H18F3N3O3/c1-27-17-10-13(6-8-16(17)28-11-19(20,21)22)7-9-18(26)24-25-12-23-14-4-2-3-5-15(14)25/h2-6,8,10,12H,7,9,11H2,1H3,(H,24,26). The maximum Gasteiger partial charge on any atom is 0.422 e. The maximum absolute atomic E-state index is 12.3. The Balaban J connectivity index is 1.60. The van der Waals surface area contributed by atoms with Crippen molar-refractivity contribution in [2.45, 2.75) is 19.0 Å². The molecule has 1 aromatic heterocycles. The summed E-state index contributed by atoms with van der Waals surface area (Å²) in [5.41, 5.74) is 5.03. The number of hydrogen-bond acceptors (Lipinski definition) is 4. The molecule has 0 aliphatic rings. The molecule has 148 valence electrons. The van der Waals surface area contributed by atoms with E-state index in [1.807, 2.05) is 24.3 Å². The molecule has 0 unspecified atom stereocenters. The van der Waals surface area contributed by atoms with E-state index in [2.05, 4.69) is 10.4 Å². The molecule has 0 bridgehead atoms. The molecular formula is C19H18F3N3O3. The van der Waals surface area contributed by atoms with Crippen LogP contribution in [0.3, 0.4) is 0 Å². The van der Waals surface area contributed by atoms with Crippen molar-refractivity contribution in [1.29, 1.82) is 0 Å². The summed E-state index contributed by atoms with van der Waals surface area (Å²) in [4.78, 5) is 16.4. The Morgan fingerprint density at radius 1 is 1.18 bits per heavy atom. The Labute approximate surface area is 158 Å². The summed E-state index contributed by atoms with van der Waals surface area (Å²) in [6.07, 6.45) is -2.34. The Morgan fingerprint density at radius 2 is 1.96 bits per heavy atom. The summed E-state index contributed by atoms with van der Waals surface area (Å²) in [7, 11) is 1.34. The number of imidazole rings is 1. The van der Waals surface area contributed by atoms with Crippen molar-refractivity contribution in [2.75, 3.05) is 19.1 Å². The third kappa shape index (κ3) is 4.93. The van der Waals surface area contributed by atoms with Crippen LogP contribution in [0.4, 0.5) is 13.2 Å². The summed E-state index contributed by atoms with van der Waals surface area (Å²) < 4.78 is 48.3. The molecule has 0 aliphatic carbocycles. The van der Waals surface area contributed by atoms with E-state index in [-0.39, 0.29) is 23.8 Å². The first-order valence-corrected chi connectivity index (χ1v) is 8.44. The molecule has 3 aromatic rings. The fourth-order valence-corrected chi connectivity index (χ4v) is 2.64. The van der Waals surface area contributed by atoms with E-state index in [0.717, 1.165) is 16.6 Å². The number of halogens is 3. The average molecular weight is 393 g/mol. The summed E-state index contributed by atoms with van der Waals surface area (Å²) >= 11 is 0. The zero-order chi connectivity index (χ0) is 20.1. The van der Waals surface area contributed by atoms with Crippen LogP contribution in [-0.4, -0.2) is 35.5 Å². The molecule has 0 fully saturated rings. The first-order valence-electron chi connectivity index (χ1n) is 8.44. The molecule has 1 amide bonds. The number of para-hydroxylation sites is 2. The smallest absolute Gasteiger partial charge is 0.422 e. The predicted molar refractivity (Wildman–Crippen MR) is 97.0 cm³/mol. The number of carbonyl (C=O) groups is 1. The first-order chi connectivity index (χ1) is 13.4. The molecule has 28 heavy (non-hydrogen) atoms. The number of fused-ring (bicyclic) bond motifs is 1. The lowest BCUT2D eigenvalue weighted by molar-refractivity contribution is -0.153. The number of amides is 1. The third-order valence-corrected chi connectivity index (χ3v) is 3.96. The van der Waals surface area contributed by atoms with Crippen LogP contribution in [0.5, 0.6) is 11.5 Å². The van der Waals surface area contributed by atoms with E-state index in [1.165, 1.54) is 19.5 Å². The number of nitrogens with zero attached hydrogens (tertiary/aromatic N) is 2. The Kier molecular flexibility index (Phi) is 5.72. The van der Waals surface area contributed by atoms with Crippen molar-refractivity contribution in [2.24, 2.45) is 0 Å². The molecular weight excluding hydrogens is 375 g/mol. The Morgan fingerprint density at radius 3 is 2.71 bits per heavy atom. The minimum Gasteiger partial charge on any atom is -0.493 e. The SMILES string of the molecule is COc1cc(CCC(=O)Nn2cnc3ccccc32)ccc1OCC(F)(F)F. The van der Waals surface area contributed by atoms with Gasteiger partial charge in [-0.1, -0.05) is 18.2 Å². The number of rotatable bonds is 7. The van der Waals surface area contributed by atoms with E-state index in [9.17, 15) is 18.0 Å². The number of nitrogens with one attached hydrogen (secondary N) is 1. The molecule has 3 rings (SSSR count). The quantitative estimate of drug-likeness (QED) is 0.665. The Bertz CT molecular complexity index is 970. The summed E-state index contributed by atoms with van der Waals surface area (Å²) in [5, 5.41) is 0. The van der Waals surface area contributed by atoms with Crippen molar-refractivity contribution in [3.8, 4) is 11.5 Å². The molecule has 0 saturated heterocycles. The van der Waals surface area contributed by atoms with Gasteiger partial charge in [-0.3, -0.25) is 10.2 Å². The lowest BCUT2D eigenvalue weighted by atomic mass is 10.1. The molecule has 1 N–H and O–H groups in total. The molecule has 0 spiro atoms. The third-order valence-electron chi connectivity index (χ3n) is 3.96. The van der Waals surface area contributed by atoms with Crippen LogP contribution in [0.15, 0.2) is 48.8 Å². The number of carbonyl (C=O) groups excluding carboxylic acids is 1. The molecule has 9 heteroatoms. The minimum absolute atomic E-state index is 0.00193. The highest BCUT2D eigenvalue weighted by molar-refractivity contribution is 5.86. The van der Waals surface area contributed by atoms with Gasteiger partial charge in [-0.05, 0) is 36.2 Å². The topological polar surface area (TPSA) is 65.4 Å². The second-order valence-electron chi connectivity index (χ2n) is 6.03. The minimum atomic E-state index is -4.43. The van der Waals surface area contributed by atoms with E-state index >= 15 is 0 Å². The van der Waals surface area contributed by atoms with Gasteiger partial charge in [0, 0.05) is 6.42 Å². The number of alkyl halides is 3. The predicted octanol–water partition coefficient (Wildman–Crippen LogP) is 3.69. The van der Waals surface area contributed by atoms with Gasteiger partial charge in [0.05, 0.1) is 18.1 Å². The number of aryl methyl sites for hydroxylation is 1. The number of aromatic nitrogens is 2. The van der Waals surface area contributed by atoms with Gasteiger partial charge in [0.25, 0.3) is 0 Å². The van der Waals surface area contributed by atoms with Crippen LogP contribution in [0.2, 0.25) is 0 Å². The lowest BCUT2D eigenvalue weighted by Crippen LogP contribution is -2.22. The van der Waals surface area contributed by atoms with Crippen LogP contribution in [0.25, 0.3) is 11.0 Å². The summed E-state index contributed by atoms with van der Waals surface area (Å²) in [6.45, 7) is -1.40. The first kappa shape index (κ1) is 19.5.